The van der Waals surface area contributed by atoms with E-state index in [1.165, 1.54) is 0 Å². The minimum absolute atomic E-state index is 1.00. The summed E-state index contributed by atoms with van der Waals surface area (Å²) in [6.45, 7) is 2.00. The van der Waals surface area contributed by atoms with Crippen molar-refractivity contribution >= 4 is 22.7 Å². The fourth-order valence-electron chi connectivity index (χ4n) is 0.812. The maximum absolute atomic E-state index is 4.32. The van der Waals surface area contributed by atoms with Gasteiger partial charge in [-0.3, -0.25) is 0 Å². The average Bonchev–Trinajstić information content (AvgIpc) is 2.55. The largest absolute Gasteiger partial charge is 0.243 e. The molecule has 2 aromatic rings. The molecule has 0 bridgehead atoms. The Morgan fingerprint density at radius 3 is 2.82 bits per heavy atom. The van der Waals surface area contributed by atoms with Crippen molar-refractivity contribution in [3.05, 3.63) is 22.0 Å². The van der Waals surface area contributed by atoms with E-state index in [1.807, 2.05) is 17.7 Å². The molecule has 4 heteroatoms. The summed E-state index contributed by atoms with van der Waals surface area (Å²) in [5, 5.41) is 6.10. The topological polar surface area (TPSA) is 25.8 Å². The zero-order valence-electron chi connectivity index (χ0n) is 5.94. The van der Waals surface area contributed by atoms with Crippen LogP contribution in [-0.4, -0.2) is 9.97 Å². The highest BCUT2D eigenvalue weighted by Gasteiger charge is 2.02. The third kappa shape index (κ3) is 1.32. The highest BCUT2D eigenvalue weighted by Crippen LogP contribution is 2.22. The van der Waals surface area contributed by atoms with Crippen LogP contribution in [0.4, 0.5) is 0 Å². The molecular formula is C7H6N2S2. The number of aryl methyl sites for hydroxylation is 1. The van der Waals surface area contributed by atoms with Gasteiger partial charge in [0.15, 0.2) is 0 Å². The summed E-state index contributed by atoms with van der Waals surface area (Å²) in [5.41, 5.74) is 1.00. The first-order valence-electron chi connectivity index (χ1n) is 3.18. The predicted molar refractivity (Wildman–Crippen MR) is 48.0 cm³/mol. The Balaban J connectivity index is 2.45. The monoisotopic (exact) mass is 182 g/mol. The Hall–Kier alpha value is -0.740. The van der Waals surface area contributed by atoms with E-state index >= 15 is 0 Å². The van der Waals surface area contributed by atoms with Gasteiger partial charge in [-0.1, -0.05) is 0 Å². The molecule has 0 spiro atoms. The molecule has 2 heterocycles. The molecule has 2 rings (SSSR count). The second kappa shape index (κ2) is 2.71. The zero-order chi connectivity index (χ0) is 7.68. The Bertz CT molecular complexity index is 337. The van der Waals surface area contributed by atoms with Crippen LogP contribution in [0, 0.1) is 6.92 Å². The molecular weight excluding hydrogens is 176 g/mol. The van der Waals surface area contributed by atoms with Crippen LogP contribution in [0.25, 0.3) is 10.7 Å². The lowest BCUT2D eigenvalue weighted by atomic mass is 10.5. The van der Waals surface area contributed by atoms with Crippen LogP contribution in [0.15, 0.2) is 17.0 Å². The zero-order valence-corrected chi connectivity index (χ0v) is 7.58. The van der Waals surface area contributed by atoms with E-state index in [4.69, 9.17) is 0 Å². The molecule has 0 amide bonds. The Morgan fingerprint density at radius 2 is 2.27 bits per heavy atom. The number of rotatable bonds is 1. The van der Waals surface area contributed by atoms with Crippen LogP contribution in [-0.2, 0) is 0 Å². The van der Waals surface area contributed by atoms with Crippen LogP contribution in [0.3, 0.4) is 0 Å². The fourth-order valence-corrected chi connectivity index (χ4v) is 2.08. The van der Waals surface area contributed by atoms with Crippen molar-refractivity contribution in [1.29, 1.82) is 0 Å². The summed E-state index contributed by atoms with van der Waals surface area (Å²) in [4.78, 5) is 8.48. The van der Waals surface area contributed by atoms with Crippen molar-refractivity contribution in [2.24, 2.45) is 0 Å². The molecule has 0 aliphatic carbocycles. The van der Waals surface area contributed by atoms with Crippen LogP contribution in [0.5, 0.6) is 0 Å². The third-order valence-electron chi connectivity index (χ3n) is 1.27. The summed E-state index contributed by atoms with van der Waals surface area (Å²) in [6, 6.07) is 0. The van der Waals surface area contributed by atoms with E-state index in [1.54, 1.807) is 28.9 Å². The number of thiazole rings is 2. The van der Waals surface area contributed by atoms with Crippen LogP contribution >= 0.6 is 22.7 Å². The summed E-state index contributed by atoms with van der Waals surface area (Å²) < 4.78 is 0. The lowest BCUT2D eigenvalue weighted by molar-refractivity contribution is 1.28. The maximum atomic E-state index is 4.32. The van der Waals surface area contributed by atoms with Crippen LogP contribution in [0.1, 0.15) is 5.01 Å². The Kier molecular flexibility index (Phi) is 1.71. The molecule has 2 aromatic heterocycles. The minimum atomic E-state index is 1.00. The standard InChI is InChI=1S/C7H6N2S2/c1-5-9-6(4-11-5)7-8-2-3-10-7/h2-4H,1H3. The second-order valence-corrected chi connectivity index (χ2v) is 4.05. The van der Waals surface area contributed by atoms with Gasteiger partial charge in [-0.05, 0) is 6.92 Å². The normalized spacial score (nSPS) is 10.3. The van der Waals surface area contributed by atoms with Crippen LogP contribution in [0.2, 0.25) is 0 Å². The van der Waals surface area contributed by atoms with Gasteiger partial charge in [0.25, 0.3) is 0 Å². The molecule has 0 unspecified atom stereocenters. The molecule has 0 aliphatic heterocycles. The second-order valence-electron chi connectivity index (χ2n) is 2.09. The first-order chi connectivity index (χ1) is 5.36. The van der Waals surface area contributed by atoms with Gasteiger partial charge in [0.05, 0.1) is 5.01 Å². The molecule has 0 radical (unpaired) electrons. The van der Waals surface area contributed by atoms with Crippen molar-refractivity contribution in [2.75, 3.05) is 0 Å². The van der Waals surface area contributed by atoms with E-state index in [2.05, 4.69) is 9.97 Å². The SMILES string of the molecule is Cc1nc(-c2nccs2)cs1. The molecule has 0 saturated heterocycles. The first kappa shape index (κ1) is 6.94. The van der Waals surface area contributed by atoms with Crippen molar-refractivity contribution in [3.8, 4) is 10.7 Å². The molecule has 0 saturated carbocycles. The fraction of sp³-hybridized carbons (Fsp3) is 0.143. The van der Waals surface area contributed by atoms with E-state index in [-0.39, 0.29) is 0 Å². The van der Waals surface area contributed by atoms with Gasteiger partial charge in [0.2, 0.25) is 0 Å². The number of nitrogens with zero attached hydrogens (tertiary/aromatic N) is 2. The van der Waals surface area contributed by atoms with Gasteiger partial charge in [-0.15, -0.1) is 22.7 Å². The summed E-state index contributed by atoms with van der Waals surface area (Å²) in [6.07, 6.45) is 1.80. The summed E-state index contributed by atoms with van der Waals surface area (Å²) >= 11 is 3.28. The molecule has 0 aromatic carbocycles. The van der Waals surface area contributed by atoms with E-state index in [0.717, 1.165) is 15.7 Å². The van der Waals surface area contributed by atoms with Gasteiger partial charge in [0.1, 0.15) is 10.7 Å². The van der Waals surface area contributed by atoms with E-state index in [0.29, 0.717) is 0 Å². The molecule has 56 valence electrons. The Labute approximate surface area is 72.6 Å². The molecule has 11 heavy (non-hydrogen) atoms. The van der Waals surface area contributed by atoms with Crippen LogP contribution < -0.4 is 0 Å². The van der Waals surface area contributed by atoms with E-state index in [9.17, 15) is 0 Å². The lowest BCUT2D eigenvalue weighted by Crippen LogP contribution is -1.73. The number of hydrogen-bond acceptors (Lipinski definition) is 4. The summed E-state index contributed by atoms with van der Waals surface area (Å²) in [7, 11) is 0. The molecule has 0 N–H and O–H groups in total. The maximum Gasteiger partial charge on any atom is 0.142 e. The van der Waals surface area contributed by atoms with Gasteiger partial charge in [0, 0.05) is 17.0 Å². The molecule has 2 nitrogen and oxygen atoms in total. The molecule has 0 atom stereocenters. The van der Waals surface area contributed by atoms with Gasteiger partial charge >= 0.3 is 0 Å². The van der Waals surface area contributed by atoms with Crippen molar-refractivity contribution in [3.63, 3.8) is 0 Å². The number of hydrogen-bond donors (Lipinski definition) is 0. The average molecular weight is 182 g/mol. The highest BCUT2D eigenvalue weighted by atomic mass is 32.1. The summed E-state index contributed by atoms with van der Waals surface area (Å²) in [5.74, 6) is 0. The first-order valence-corrected chi connectivity index (χ1v) is 4.94. The Morgan fingerprint density at radius 1 is 1.36 bits per heavy atom. The molecule has 0 aliphatic rings. The minimum Gasteiger partial charge on any atom is -0.243 e. The van der Waals surface area contributed by atoms with Crippen molar-refractivity contribution in [2.45, 2.75) is 6.92 Å². The van der Waals surface area contributed by atoms with Gasteiger partial charge in [-0.2, -0.15) is 0 Å². The van der Waals surface area contributed by atoms with E-state index < -0.39 is 0 Å². The van der Waals surface area contributed by atoms with Gasteiger partial charge < -0.3 is 0 Å². The quantitative estimate of drug-likeness (QED) is 0.677. The van der Waals surface area contributed by atoms with Crippen molar-refractivity contribution in [1.82, 2.24) is 9.97 Å². The smallest absolute Gasteiger partial charge is 0.142 e. The lowest BCUT2D eigenvalue weighted by Gasteiger charge is -1.83. The van der Waals surface area contributed by atoms with Crippen molar-refractivity contribution < 1.29 is 0 Å². The van der Waals surface area contributed by atoms with Gasteiger partial charge in [-0.25, -0.2) is 9.97 Å². The highest BCUT2D eigenvalue weighted by molar-refractivity contribution is 7.14. The predicted octanol–water partition coefficient (Wildman–Crippen LogP) is 2.58. The molecule has 0 fully saturated rings. The number of aromatic nitrogens is 2. The third-order valence-corrected chi connectivity index (χ3v) is 2.84.